The molecule has 1 aromatic heterocycles. The van der Waals surface area contributed by atoms with Crippen LogP contribution >= 0.6 is 11.3 Å². The largest absolute Gasteiger partial charge is 0.479 e. The molecule has 1 N–H and O–H groups in total. The van der Waals surface area contributed by atoms with Crippen LogP contribution in [-0.2, 0) is 9.59 Å². The van der Waals surface area contributed by atoms with Crippen molar-refractivity contribution in [2.24, 2.45) is 0 Å². The molecule has 8 heteroatoms. The molecule has 0 spiro atoms. The fourth-order valence-corrected chi connectivity index (χ4v) is 2.67. The molecule has 0 saturated heterocycles. The molecule has 7 nitrogen and oxygen atoms in total. The van der Waals surface area contributed by atoms with E-state index in [1.54, 1.807) is 17.3 Å². The molecular weight excluding hydrogens is 304 g/mol. The third-order valence-electron chi connectivity index (χ3n) is 3.24. The topological polar surface area (TPSA) is 84.4 Å². The fourth-order valence-electron chi connectivity index (χ4n) is 2.21. The molecule has 3 rings (SSSR count). The lowest BCUT2D eigenvalue weighted by atomic mass is 10.1. The van der Waals surface area contributed by atoms with Gasteiger partial charge in [-0.25, -0.2) is 0 Å². The van der Waals surface area contributed by atoms with Crippen LogP contribution in [0.25, 0.3) is 0 Å². The molecule has 2 aromatic rings. The molecule has 1 atom stereocenters. The van der Waals surface area contributed by atoms with Crippen molar-refractivity contribution in [3.63, 3.8) is 0 Å². The summed E-state index contributed by atoms with van der Waals surface area (Å²) in [6.45, 7) is 1.99. The van der Waals surface area contributed by atoms with Crippen LogP contribution in [0.5, 0.6) is 5.75 Å². The predicted molar refractivity (Wildman–Crippen MR) is 82.0 cm³/mol. The Hall–Kier alpha value is -2.48. The molecular formula is C14H14N4O3S. The van der Waals surface area contributed by atoms with Crippen LogP contribution in [0.1, 0.15) is 13.3 Å². The zero-order valence-corrected chi connectivity index (χ0v) is 12.7. The number of para-hydroxylation sites is 2. The number of ether oxygens (including phenoxy) is 1. The number of benzene rings is 1. The number of nitrogens with one attached hydrogen (secondary N) is 1. The summed E-state index contributed by atoms with van der Waals surface area (Å²) in [6.07, 6.45) is -0.382. The molecule has 2 heterocycles. The summed E-state index contributed by atoms with van der Waals surface area (Å²) in [5.74, 6) is 0.294. The summed E-state index contributed by atoms with van der Waals surface area (Å²) in [5.41, 5.74) is 2.23. The third kappa shape index (κ3) is 2.91. The first-order chi connectivity index (χ1) is 10.6. The molecule has 2 amide bonds. The van der Waals surface area contributed by atoms with Crippen LogP contribution in [-0.4, -0.2) is 34.7 Å². The lowest BCUT2D eigenvalue weighted by molar-refractivity contribution is -0.125. The standard InChI is InChI=1S/C14H14N4O3S/c1-9-13(20)18(10-4-2-3-5-11(10)21-9)7-6-12(19)16-14-17-15-8-22-14/h2-5,8-9H,6-7H2,1H3,(H,16,17,19)/t9-/m0/s1. The highest BCUT2D eigenvalue weighted by Gasteiger charge is 2.31. The van der Waals surface area contributed by atoms with Crippen LogP contribution in [0.3, 0.4) is 0 Å². The van der Waals surface area contributed by atoms with E-state index in [-0.39, 0.29) is 24.8 Å². The maximum Gasteiger partial charge on any atom is 0.267 e. The highest BCUT2D eigenvalue weighted by molar-refractivity contribution is 7.13. The molecule has 0 bridgehead atoms. The van der Waals surface area contributed by atoms with Crippen molar-refractivity contribution in [1.82, 2.24) is 10.2 Å². The van der Waals surface area contributed by atoms with E-state index >= 15 is 0 Å². The molecule has 1 aliphatic heterocycles. The second kappa shape index (κ2) is 6.10. The average molecular weight is 318 g/mol. The van der Waals surface area contributed by atoms with Gasteiger partial charge in [0.15, 0.2) is 6.10 Å². The van der Waals surface area contributed by atoms with Gasteiger partial charge < -0.3 is 15.0 Å². The van der Waals surface area contributed by atoms with E-state index in [9.17, 15) is 9.59 Å². The summed E-state index contributed by atoms with van der Waals surface area (Å²) >= 11 is 1.25. The molecule has 0 unspecified atom stereocenters. The number of fused-ring (bicyclic) bond motifs is 1. The second-order valence-electron chi connectivity index (χ2n) is 4.76. The minimum absolute atomic E-state index is 0.151. The maximum absolute atomic E-state index is 12.3. The van der Waals surface area contributed by atoms with Crippen molar-refractivity contribution in [3.8, 4) is 5.75 Å². The van der Waals surface area contributed by atoms with Crippen molar-refractivity contribution in [2.45, 2.75) is 19.4 Å². The van der Waals surface area contributed by atoms with Gasteiger partial charge in [-0.3, -0.25) is 9.59 Å². The fraction of sp³-hybridized carbons (Fsp3) is 0.286. The third-order valence-corrected chi connectivity index (χ3v) is 3.85. The number of hydrogen-bond donors (Lipinski definition) is 1. The first-order valence-corrected chi connectivity index (χ1v) is 7.66. The van der Waals surface area contributed by atoms with E-state index in [1.165, 1.54) is 11.3 Å². The molecule has 114 valence electrons. The van der Waals surface area contributed by atoms with E-state index in [4.69, 9.17) is 4.74 Å². The van der Waals surface area contributed by atoms with Gasteiger partial charge in [0.25, 0.3) is 5.91 Å². The van der Waals surface area contributed by atoms with Gasteiger partial charge in [0.2, 0.25) is 11.0 Å². The monoisotopic (exact) mass is 318 g/mol. The molecule has 0 fully saturated rings. The van der Waals surface area contributed by atoms with Crippen molar-refractivity contribution >= 4 is 34.0 Å². The molecule has 1 aromatic carbocycles. The first kappa shape index (κ1) is 14.5. The van der Waals surface area contributed by atoms with Crippen molar-refractivity contribution in [2.75, 3.05) is 16.8 Å². The van der Waals surface area contributed by atoms with Gasteiger partial charge >= 0.3 is 0 Å². The van der Waals surface area contributed by atoms with Gasteiger partial charge in [0.05, 0.1) is 5.69 Å². The van der Waals surface area contributed by atoms with Crippen molar-refractivity contribution in [1.29, 1.82) is 0 Å². The minimum Gasteiger partial charge on any atom is -0.479 e. The number of aromatic nitrogens is 2. The molecule has 0 aliphatic carbocycles. The number of rotatable bonds is 4. The summed E-state index contributed by atoms with van der Waals surface area (Å²) in [7, 11) is 0. The Labute approximate surface area is 130 Å². The lowest BCUT2D eigenvalue weighted by Gasteiger charge is -2.32. The number of carbonyl (C=O) groups excluding carboxylic acids is 2. The lowest BCUT2D eigenvalue weighted by Crippen LogP contribution is -2.45. The zero-order chi connectivity index (χ0) is 15.5. The molecule has 0 radical (unpaired) electrons. The van der Waals surface area contributed by atoms with Crippen LogP contribution in [0.15, 0.2) is 29.8 Å². The van der Waals surface area contributed by atoms with Crippen LogP contribution in [0.4, 0.5) is 10.8 Å². The number of hydrogen-bond acceptors (Lipinski definition) is 6. The highest BCUT2D eigenvalue weighted by atomic mass is 32.1. The van der Waals surface area contributed by atoms with E-state index in [1.807, 2.05) is 24.3 Å². The minimum atomic E-state index is -0.555. The number of nitrogens with zero attached hydrogens (tertiary/aromatic N) is 3. The van der Waals surface area contributed by atoms with Crippen molar-refractivity contribution in [3.05, 3.63) is 29.8 Å². The number of amides is 2. The highest BCUT2D eigenvalue weighted by Crippen LogP contribution is 2.33. The Morgan fingerprint density at radius 1 is 1.45 bits per heavy atom. The Balaban J connectivity index is 1.68. The van der Waals surface area contributed by atoms with Crippen molar-refractivity contribution < 1.29 is 14.3 Å². The smallest absolute Gasteiger partial charge is 0.267 e. The molecule has 0 saturated carbocycles. The quantitative estimate of drug-likeness (QED) is 0.927. The zero-order valence-electron chi connectivity index (χ0n) is 11.9. The summed E-state index contributed by atoms with van der Waals surface area (Å²) in [5, 5.41) is 10.5. The molecule has 22 heavy (non-hydrogen) atoms. The van der Waals surface area contributed by atoms with Gasteiger partial charge in [0.1, 0.15) is 11.3 Å². The van der Waals surface area contributed by atoms with E-state index in [0.29, 0.717) is 16.6 Å². The maximum atomic E-state index is 12.3. The van der Waals surface area contributed by atoms with E-state index in [0.717, 1.165) is 0 Å². The van der Waals surface area contributed by atoms with E-state index in [2.05, 4.69) is 15.5 Å². The average Bonchev–Trinajstić information content (AvgIpc) is 3.00. The summed E-state index contributed by atoms with van der Waals surface area (Å²) in [4.78, 5) is 25.8. The number of anilines is 2. The molecule has 1 aliphatic rings. The van der Waals surface area contributed by atoms with Crippen LogP contribution < -0.4 is 15.0 Å². The number of carbonyl (C=O) groups is 2. The second-order valence-corrected chi connectivity index (χ2v) is 5.59. The SMILES string of the molecule is C[C@@H]1Oc2ccccc2N(CCC(=O)Nc2nncs2)C1=O. The van der Waals surface area contributed by atoms with Gasteiger partial charge in [-0.1, -0.05) is 23.5 Å². The first-order valence-electron chi connectivity index (χ1n) is 6.78. The van der Waals surface area contributed by atoms with Crippen LogP contribution in [0.2, 0.25) is 0 Å². The summed E-state index contributed by atoms with van der Waals surface area (Å²) in [6, 6.07) is 7.30. The predicted octanol–water partition coefficient (Wildman–Crippen LogP) is 1.68. The van der Waals surface area contributed by atoms with E-state index < -0.39 is 6.10 Å². The Kier molecular flexibility index (Phi) is 4.01. The van der Waals surface area contributed by atoms with Gasteiger partial charge in [0, 0.05) is 13.0 Å². The Morgan fingerprint density at radius 2 is 2.27 bits per heavy atom. The normalized spacial score (nSPS) is 16.9. The Bertz CT molecular complexity index is 689. The van der Waals surface area contributed by atoms with Gasteiger partial charge in [-0.2, -0.15) is 0 Å². The van der Waals surface area contributed by atoms with Gasteiger partial charge in [-0.15, -0.1) is 10.2 Å². The van der Waals surface area contributed by atoms with Crippen LogP contribution in [0, 0.1) is 0 Å². The Morgan fingerprint density at radius 3 is 3.05 bits per heavy atom. The summed E-state index contributed by atoms with van der Waals surface area (Å²) < 4.78 is 5.56. The van der Waals surface area contributed by atoms with Gasteiger partial charge in [-0.05, 0) is 19.1 Å².